The summed E-state index contributed by atoms with van der Waals surface area (Å²) in [7, 11) is 1.75. The van der Waals surface area contributed by atoms with Crippen LogP contribution in [0.15, 0.2) is 30.3 Å². The van der Waals surface area contributed by atoms with E-state index >= 15 is 0 Å². The number of rotatable bonds is 8. The van der Waals surface area contributed by atoms with Crippen LogP contribution in [-0.4, -0.2) is 68.2 Å². The maximum atomic E-state index is 12.2. The standard InChI is InChI=1S/C19H31N3O2/c1-16-15-21(11-12-22(16)13-14-24-3)10-9-19(23)20-17(2)18-7-5-4-6-8-18/h4-8,16-17H,9-15H2,1-3H3,(H,20,23)/t16-,17-/m1/s1. The van der Waals surface area contributed by atoms with Gasteiger partial charge in [0.15, 0.2) is 0 Å². The van der Waals surface area contributed by atoms with E-state index in [4.69, 9.17) is 4.74 Å². The molecule has 2 rings (SSSR count). The Bertz CT molecular complexity index is 495. The fourth-order valence-corrected chi connectivity index (χ4v) is 3.21. The summed E-state index contributed by atoms with van der Waals surface area (Å²) in [5.41, 5.74) is 1.14. The molecule has 1 aromatic carbocycles. The van der Waals surface area contributed by atoms with Gasteiger partial charge in [-0.15, -0.1) is 0 Å². The Morgan fingerprint density at radius 2 is 2.04 bits per heavy atom. The van der Waals surface area contributed by atoms with Gasteiger partial charge in [0.2, 0.25) is 5.91 Å². The second-order valence-electron chi connectivity index (χ2n) is 6.63. The molecule has 134 valence electrons. The van der Waals surface area contributed by atoms with Crippen LogP contribution >= 0.6 is 0 Å². The summed E-state index contributed by atoms with van der Waals surface area (Å²) in [4.78, 5) is 17.0. The molecule has 24 heavy (non-hydrogen) atoms. The fraction of sp³-hybridized carbons (Fsp3) is 0.632. The van der Waals surface area contributed by atoms with Gasteiger partial charge >= 0.3 is 0 Å². The van der Waals surface area contributed by atoms with Gasteiger partial charge in [0.25, 0.3) is 0 Å². The van der Waals surface area contributed by atoms with Gasteiger partial charge in [0.1, 0.15) is 0 Å². The first-order valence-corrected chi connectivity index (χ1v) is 8.89. The molecule has 1 aliphatic rings. The van der Waals surface area contributed by atoms with E-state index in [1.54, 1.807) is 7.11 Å². The van der Waals surface area contributed by atoms with Crippen LogP contribution in [0, 0.1) is 0 Å². The number of amides is 1. The first-order valence-electron chi connectivity index (χ1n) is 8.89. The average Bonchev–Trinajstić information content (AvgIpc) is 2.60. The van der Waals surface area contributed by atoms with Gasteiger partial charge in [-0.05, 0) is 19.4 Å². The average molecular weight is 333 g/mol. The lowest BCUT2D eigenvalue weighted by Crippen LogP contribution is -2.53. The van der Waals surface area contributed by atoms with E-state index in [9.17, 15) is 4.79 Å². The molecule has 0 unspecified atom stereocenters. The third kappa shape index (κ3) is 5.89. The molecule has 1 amide bonds. The minimum atomic E-state index is 0.0588. The van der Waals surface area contributed by atoms with Crippen molar-refractivity contribution < 1.29 is 9.53 Å². The maximum absolute atomic E-state index is 12.2. The number of nitrogens with one attached hydrogen (secondary N) is 1. The number of piperazine rings is 1. The Morgan fingerprint density at radius 3 is 2.71 bits per heavy atom. The van der Waals surface area contributed by atoms with Crippen LogP contribution < -0.4 is 5.32 Å². The summed E-state index contributed by atoms with van der Waals surface area (Å²) in [6.45, 7) is 9.97. The highest BCUT2D eigenvalue weighted by Crippen LogP contribution is 2.12. The molecule has 5 heteroatoms. The lowest BCUT2D eigenvalue weighted by molar-refractivity contribution is -0.122. The third-order valence-corrected chi connectivity index (χ3v) is 4.76. The third-order valence-electron chi connectivity index (χ3n) is 4.76. The van der Waals surface area contributed by atoms with Gasteiger partial charge < -0.3 is 15.0 Å². The van der Waals surface area contributed by atoms with E-state index in [0.717, 1.165) is 44.9 Å². The lowest BCUT2D eigenvalue weighted by Gasteiger charge is -2.39. The minimum absolute atomic E-state index is 0.0588. The molecule has 1 aromatic rings. The van der Waals surface area contributed by atoms with Crippen LogP contribution in [0.5, 0.6) is 0 Å². The van der Waals surface area contributed by atoms with Crippen molar-refractivity contribution >= 4 is 5.91 Å². The molecular weight excluding hydrogens is 302 g/mol. The molecule has 2 atom stereocenters. The van der Waals surface area contributed by atoms with Crippen LogP contribution in [0.25, 0.3) is 0 Å². The Hall–Kier alpha value is -1.43. The van der Waals surface area contributed by atoms with E-state index in [-0.39, 0.29) is 11.9 Å². The van der Waals surface area contributed by atoms with Crippen molar-refractivity contribution in [2.45, 2.75) is 32.4 Å². The molecule has 5 nitrogen and oxygen atoms in total. The topological polar surface area (TPSA) is 44.8 Å². The SMILES string of the molecule is COCCN1CCN(CCC(=O)N[C@H](C)c2ccccc2)C[C@H]1C. The molecule has 1 fully saturated rings. The molecule has 0 saturated carbocycles. The van der Waals surface area contributed by atoms with Crippen molar-refractivity contribution in [2.24, 2.45) is 0 Å². The van der Waals surface area contributed by atoms with E-state index in [2.05, 4.69) is 22.0 Å². The zero-order valence-corrected chi connectivity index (χ0v) is 15.2. The van der Waals surface area contributed by atoms with Gasteiger partial charge in [0.05, 0.1) is 12.6 Å². The molecule has 1 heterocycles. The number of carbonyl (C=O) groups excluding carboxylic acids is 1. The monoisotopic (exact) mass is 333 g/mol. The van der Waals surface area contributed by atoms with Crippen molar-refractivity contribution in [1.82, 2.24) is 15.1 Å². The molecule has 0 radical (unpaired) electrons. The van der Waals surface area contributed by atoms with Crippen LogP contribution in [-0.2, 0) is 9.53 Å². The number of ether oxygens (including phenoxy) is 1. The van der Waals surface area contributed by atoms with Crippen molar-refractivity contribution in [3.8, 4) is 0 Å². The van der Waals surface area contributed by atoms with Crippen LogP contribution in [0.4, 0.5) is 0 Å². The van der Waals surface area contributed by atoms with Crippen molar-refractivity contribution in [2.75, 3.05) is 46.4 Å². The summed E-state index contributed by atoms with van der Waals surface area (Å²) in [5, 5.41) is 3.09. The minimum Gasteiger partial charge on any atom is -0.383 e. The van der Waals surface area contributed by atoms with Gasteiger partial charge in [-0.1, -0.05) is 30.3 Å². The number of nitrogens with zero attached hydrogens (tertiary/aromatic N) is 2. The van der Waals surface area contributed by atoms with Crippen LogP contribution in [0.2, 0.25) is 0 Å². The number of hydrogen-bond donors (Lipinski definition) is 1. The molecule has 0 bridgehead atoms. The Balaban J connectivity index is 1.69. The quantitative estimate of drug-likeness (QED) is 0.789. The number of benzene rings is 1. The van der Waals surface area contributed by atoms with Crippen molar-refractivity contribution in [1.29, 1.82) is 0 Å². The fourth-order valence-electron chi connectivity index (χ4n) is 3.21. The molecule has 0 aliphatic carbocycles. The van der Waals surface area contributed by atoms with E-state index in [1.165, 1.54) is 0 Å². The van der Waals surface area contributed by atoms with E-state index in [0.29, 0.717) is 12.5 Å². The van der Waals surface area contributed by atoms with E-state index < -0.39 is 0 Å². The summed E-state index contributed by atoms with van der Waals surface area (Å²) in [6, 6.07) is 10.7. The van der Waals surface area contributed by atoms with Gasteiger partial charge in [-0.2, -0.15) is 0 Å². The molecule has 1 aliphatic heterocycles. The Kier molecular flexibility index (Phi) is 7.69. The number of carbonyl (C=O) groups is 1. The van der Waals surface area contributed by atoms with Crippen molar-refractivity contribution in [3.05, 3.63) is 35.9 Å². The maximum Gasteiger partial charge on any atom is 0.221 e. The van der Waals surface area contributed by atoms with Gasteiger partial charge in [-0.25, -0.2) is 0 Å². The smallest absolute Gasteiger partial charge is 0.221 e. The molecule has 1 N–H and O–H groups in total. The van der Waals surface area contributed by atoms with Gasteiger partial charge in [0, 0.05) is 52.3 Å². The Morgan fingerprint density at radius 1 is 1.29 bits per heavy atom. The Labute approximate surface area is 146 Å². The molecule has 0 aromatic heterocycles. The predicted octanol–water partition coefficient (Wildman–Crippen LogP) is 1.91. The normalized spacial score (nSPS) is 20.7. The zero-order valence-electron chi connectivity index (χ0n) is 15.2. The number of methoxy groups -OCH3 is 1. The highest BCUT2D eigenvalue weighted by molar-refractivity contribution is 5.76. The highest BCUT2D eigenvalue weighted by atomic mass is 16.5. The largest absolute Gasteiger partial charge is 0.383 e. The van der Waals surface area contributed by atoms with Crippen LogP contribution in [0.3, 0.4) is 0 Å². The van der Waals surface area contributed by atoms with Gasteiger partial charge in [-0.3, -0.25) is 9.69 Å². The van der Waals surface area contributed by atoms with Crippen molar-refractivity contribution in [3.63, 3.8) is 0 Å². The lowest BCUT2D eigenvalue weighted by atomic mass is 10.1. The summed E-state index contributed by atoms with van der Waals surface area (Å²) < 4.78 is 5.16. The number of hydrogen-bond acceptors (Lipinski definition) is 4. The zero-order chi connectivity index (χ0) is 17.4. The predicted molar refractivity (Wildman–Crippen MR) is 97.0 cm³/mol. The molecular formula is C19H31N3O2. The summed E-state index contributed by atoms with van der Waals surface area (Å²) in [5.74, 6) is 0.126. The molecule has 1 saturated heterocycles. The summed E-state index contributed by atoms with van der Waals surface area (Å²) >= 11 is 0. The highest BCUT2D eigenvalue weighted by Gasteiger charge is 2.23. The second-order valence-corrected chi connectivity index (χ2v) is 6.63. The first kappa shape index (κ1) is 18.9. The van der Waals surface area contributed by atoms with E-state index in [1.807, 2.05) is 37.3 Å². The second kappa shape index (κ2) is 9.77. The van der Waals surface area contributed by atoms with Crippen LogP contribution in [0.1, 0.15) is 31.9 Å². The summed E-state index contributed by atoms with van der Waals surface area (Å²) in [6.07, 6.45) is 0.558. The molecule has 0 spiro atoms. The first-order chi connectivity index (χ1) is 11.6.